The minimum absolute atomic E-state index is 0.196. The molecule has 1 unspecified atom stereocenters. The molecule has 1 aliphatic rings. The Hall–Kier alpha value is -1.42. The van der Waals surface area contributed by atoms with Crippen molar-refractivity contribution < 1.29 is 9.13 Å². The molecule has 0 saturated carbocycles. The lowest BCUT2D eigenvalue weighted by Crippen LogP contribution is -2.29. The Bertz CT molecular complexity index is 351. The fourth-order valence-corrected chi connectivity index (χ4v) is 1.16. The van der Waals surface area contributed by atoms with Gasteiger partial charge in [0.25, 0.3) is 0 Å². The molecule has 2 rings (SSSR count). The van der Waals surface area contributed by atoms with Crippen molar-refractivity contribution >= 4 is 11.9 Å². The highest BCUT2D eigenvalue weighted by Gasteiger charge is 2.14. The van der Waals surface area contributed by atoms with Crippen LogP contribution in [-0.4, -0.2) is 18.9 Å². The van der Waals surface area contributed by atoms with Crippen LogP contribution in [0, 0.1) is 5.82 Å². The van der Waals surface area contributed by atoms with Gasteiger partial charge in [-0.3, -0.25) is 4.99 Å². The topological polar surface area (TPSA) is 47.6 Å². The van der Waals surface area contributed by atoms with Crippen molar-refractivity contribution in [2.75, 3.05) is 6.54 Å². The van der Waals surface area contributed by atoms with Gasteiger partial charge in [-0.15, -0.1) is 0 Å². The van der Waals surface area contributed by atoms with Gasteiger partial charge in [-0.25, -0.2) is 4.39 Å². The predicted octanol–water partition coefficient (Wildman–Crippen LogP) is 1.25. The smallest absolute Gasteiger partial charge is 0.146 e. The molecule has 0 bridgehead atoms. The molecule has 0 spiro atoms. The van der Waals surface area contributed by atoms with Crippen LogP contribution in [0.2, 0.25) is 0 Å². The third kappa shape index (κ3) is 1.53. The van der Waals surface area contributed by atoms with Gasteiger partial charge in [-0.05, 0) is 12.1 Å². The van der Waals surface area contributed by atoms with Gasteiger partial charge in [0.15, 0.2) is 0 Å². The summed E-state index contributed by atoms with van der Waals surface area (Å²) in [5, 5.41) is 0. The van der Waals surface area contributed by atoms with Gasteiger partial charge >= 0.3 is 0 Å². The van der Waals surface area contributed by atoms with Crippen molar-refractivity contribution in [3.8, 4) is 5.75 Å². The average Bonchev–Trinajstić information content (AvgIpc) is 2.17. The van der Waals surface area contributed by atoms with Crippen LogP contribution in [0.15, 0.2) is 23.2 Å². The average molecular weight is 180 g/mol. The molecule has 1 aliphatic heterocycles. The van der Waals surface area contributed by atoms with Crippen LogP contribution in [-0.2, 0) is 0 Å². The van der Waals surface area contributed by atoms with Crippen molar-refractivity contribution in [3.63, 3.8) is 0 Å². The van der Waals surface area contributed by atoms with Crippen molar-refractivity contribution in [2.24, 2.45) is 10.7 Å². The van der Waals surface area contributed by atoms with E-state index in [1.807, 2.05) is 0 Å². The van der Waals surface area contributed by atoms with E-state index in [0.717, 1.165) is 0 Å². The number of fused-ring (bicyclic) bond motifs is 1. The van der Waals surface area contributed by atoms with Crippen LogP contribution in [0.1, 0.15) is 0 Å². The van der Waals surface area contributed by atoms with Gasteiger partial charge < -0.3 is 10.5 Å². The van der Waals surface area contributed by atoms with E-state index >= 15 is 0 Å². The van der Waals surface area contributed by atoms with Gasteiger partial charge in [-0.1, -0.05) is 0 Å². The number of aliphatic imine (C=N–C) groups is 1. The predicted molar refractivity (Wildman–Crippen MR) is 48.0 cm³/mol. The van der Waals surface area contributed by atoms with E-state index in [2.05, 4.69) is 4.99 Å². The van der Waals surface area contributed by atoms with Crippen LogP contribution >= 0.6 is 0 Å². The van der Waals surface area contributed by atoms with Crippen LogP contribution in [0.25, 0.3) is 0 Å². The van der Waals surface area contributed by atoms with Gasteiger partial charge in [0, 0.05) is 18.8 Å². The molecule has 3 nitrogen and oxygen atoms in total. The van der Waals surface area contributed by atoms with Crippen LogP contribution in [0.3, 0.4) is 0 Å². The molecular weight excluding hydrogens is 171 g/mol. The number of nitrogens with zero attached hydrogens (tertiary/aromatic N) is 1. The Morgan fingerprint density at radius 2 is 2.38 bits per heavy atom. The summed E-state index contributed by atoms with van der Waals surface area (Å²) in [6.45, 7) is 0.375. The summed E-state index contributed by atoms with van der Waals surface area (Å²) in [6.07, 6.45) is 1.39. The monoisotopic (exact) mass is 180 g/mol. The summed E-state index contributed by atoms with van der Waals surface area (Å²) in [4.78, 5) is 4.04. The Kier molecular flexibility index (Phi) is 1.98. The number of ether oxygens (including phenoxy) is 1. The molecule has 1 aromatic carbocycles. The Labute approximate surface area is 75.0 Å². The second kappa shape index (κ2) is 3.14. The summed E-state index contributed by atoms with van der Waals surface area (Å²) in [7, 11) is 0. The van der Waals surface area contributed by atoms with E-state index < -0.39 is 0 Å². The molecule has 0 saturated heterocycles. The normalized spacial score (nSPS) is 19.4. The van der Waals surface area contributed by atoms with E-state index in [9.17, 15) is 4.39 Å². The van der Waals surface area contributed by atoms with Crippen molar-refractivity contribution in [2.45, 2.75) is 6.10 Å². The number of halogens is 1. The third-order valence-corrected chi connectivity index (χ3v) is 1.81. The number of hydrogen-bond donors (Lipinski definition) is 1. The Morgan fingerprint density at radius 3 is 3.15 bits per heavy atom. The van der Waals surface area contributed by atoms with E-state index in [1.165, 1.54) is 12.1 Å². The number of nitrogens with two attached hydrogens (primary N) is 1. The second-order valence-corrected chi connectivity index (χ2v) is 2.78. The molecule has 4 heteroatoms. The zero-order valence-corrected chi connectivity index (χ0v) is 6.90. The quantitative estimate of drug-likeness (QED) is 0.707. The Balaban J connectivity index is 2.35. The second-order valence-electron chi connectivity index (χ2n) is 2.78. The fourth-order valence-electron chi connectivity index (χ4n) is 1.16. The molecule has 13 heavy (non-hydrogen) atoms. The first-order chi connectivity index (χ1) is 6.29. The molecular formula is C9H9FN2O. The van der Waals surface area contributed by atoms with Gasteiger partial charge in [-0.2, -0.15) is 0 Å². The standard InChI is InChI=1S/C9H9FN2O/c10-6-1-2-9-8(3-6)12-5-7(4-11)13-9/h1-3,5,7H,4,11H2. The molecule has 0 aliphatic carbocycles. The highest BCUT2D eigenvalue weighted by molar-refractivity contribution is 5.73. The molecule has 0 fully saturated rings. The summed E-state index contributed by atoms with van der Waals surface area (Å²) in [6, 6.07) is 4.23. The van der Waals surface area contributed by atoms with Crippen molar-refractivity contribution in [1.82, 2.24) is 0 Å². The largest absolute Gasteiger partial charge is 0.481 e. The first-order valence-electron chi connectivity index (χ1n) is 4.00. The zero-order valence-electron chi connectivity index (χ0n) is 6.90. The molecule has 2 N–H and O–H groups in total. The van der Waals surface area contributed by atoms with E-state index in [1.54, 1.807) is 12.3 Å². The molecule has 1 heterocycles. The Morgan fingerprint density at radius 1 is 1.54 bits per heavy atom. The van der Waals surface area contributed by atoms with Crippen LogP contribution in [0.5, 0.6) is 5.75 Å². The third-order valence-electron chi connectivity index (χ3n) is 1.81. The number of benzene rings is 1. The first kappa shape index (κ1) is 8.19. The van der Waals surface area contributed by atoms with Crippen LogP contribution < -0.4 is 10.5 Å². The van der Waals surface area contributed by atoms with Gasteiger partial charge in [0.05, 0.1) is 0 Å². The molecule has 1 atom stereocenters. The van der Waals surface area contributed by atoms with Gasteiger partial charge in [0.1, 0.15) is 23.4 Å². The lowest BCUT2D eigenvalue weighted by Gasteiger charge is -2.18. The molecule has 0 amide bonds. The molecule has 0 aromatic heterocycles. The van der Waals surface area contributed by atoms with Gasteiger partial charge in [0.2, 0.25) is 0 Å². The lowest BCUT2D eigenvalue weighted by molar-refractivity contribution is 0.275. The van der Waals surface area contributed by atoms with Crippen LogP contribution in [0.4, 0.5) is 10.1 Å². The maximum atomic E-state index is 12.7. The number of hydrogen-bond acceptors (Lipinski definition) is 3. The lowest BCUT2D eigenvalue weighted by atomic mass is 10.2. The van der Waals surface area contributed by atoms with Crippen molar-refractivity contribution in [1.29, 1.82) is 0 Å². The zero-order chi connectivity index (χ0) is 9.26. The highest BCUT2D eigenvalue weighted by Crippen LogP contribution is 2.31. The summed E-state index contributed by atoms with van der Waals surface area (Å²) < 4.78 is 18.1. The van der Waals surface area contributed by atoms with E-state index in [-0.39, 0.29) is 11.9 Å². The minimum Gasteiger partial charge on any atom is -0.481 e. The fraction of sp³-hybridized carbons (Fsp3) is 0.222. The van der Waals surface area contributed by atoms with Crippen molar-refractivity contribution in [3.05, 3.63) is 24.0 Å². The highest BCUT2D eigenvalue weighted by atomic mass is 19.1. The summed E-state index contributed by atoms with van der Waals surface area (Å²) in [5.41, 5.74) is 5.92. The summed E-state index contributed by atoms with van der Waals surface area (Å²) in [5.74, 6) is 0.269. The summed E-state index contributed by atoms with van der Waals surface area (Å²) >= 11 is 0. The first-order valence-corrected chi connectivity index (χ1v) is 4.00. The maximum absolute atomic E-state index is 12.7. The maximum Gasteiger partial charge on any atom is 0.146 e. The molecule has 1 aromatic rings. The van der Waals surface area contributed by atoms with E-state index in [0.29, 0.717) is 18.0 Å². The minimum atomic E-state index is -0.314. The number of rotatable bonds is 1. The molecule has 68 valence electrons. The SMILES string of the molecule is NCC1C=Nc2cc(F)ccc2O1. The molecule has 0 radical (unpaired) electrons. The van der Waals surface area contributed by atoms with E-state index in [4.69, 9.17) is 10.5 Å².